The number of aromatic amines is 2. The Balaban J connectivity index is 0.000000258. The van der Waals surface area contributed by atoms with Crippen molar-refractivity contribution in [1.82, 2.24) is 50.4 Å². The first-order valence-corrected chi connectivity index (χ1v) is 28.3. The number of aromatic nitrogens is 6. The van der Waals surface area contributed by atoms with Crippen molar-refractivity contribution in [2.75, 3.05) is 25.9 Å². The molecule has 91 heavy (non-hydrogen) atoms. The number of carbonyl (C=O) groups excluding carboxylic acids is 5. The van der Waals surface area contributed by atoms with Gasteiger partial charge in [0.1, 0.15) is 11.6 Å². The zero-order chi connectivity index (χ0) is 66.3. The van der Waals surface area contributed by atoms with Gasteiger partial charge in [0.15, 0.2) is 18.3 Å². The predicted molar refractivity (Wildman–Crippen MR) is 325 cm³/mol. The number of esters is 1. The summed E-state index contributed by atoms with van der Waals surface area (Å²) in [5.41, 5.74) is 7.45. The van der Waals surface area contributed by atoms with E-state index < -0.39 is 97.3 Å². The van der Waals surface area contributed by atoms with Crippen LogP contribution < -0.4 is 22.2 Å². The molecule has 6 aromatic carbocycles. The number of aliphatic hydroxyl groups excluding tert-OH is 2. The highest BCUT2D eigenvalue weighted by Gasteiger charge is 2.26. The third kappa shape index (κ3) is 22.0. The Labute approximate surface area is 531 Å². The monoisotopic (exact) mass is 1320 g/mol. The van der Waals surface area contributed by atoms with E-state index >= 15 is 0 Å². The minimum atomic E-state index is -1.81. The zero-order valence-electron chi connectivity index (χ0n) is 48.6. The molecule has 2 atom stereocenters. The SMILES string of the molecule is CC(C)OC(=O)OCCl.CC(C)OC(=O)OCOC(=O)[C@H](O)CN(Cc1ccc(-c2cc(Cl)ccc2F)cc1)NC(=O)c1nn(-c2ccccc2)c(=O)[nH]1.O=C(NN(Cc1ccc(-c2cc(Cl)ccc2F)cc1)C[C@@H](O)C(=O)O)c1nn(-c2ccccc2)c(=O)[nH]1. The van der Waals surface area contributed by atoms with Gasteiger partial charge in [0.25, 0.3) is 0 Å². The van der Waals surface area contributed by atoms with Crippen LogP contribution in [0.25, 0.3) is 33.6 Å². The Morgan fingerprint density at radius 1 is 0.571 bits per heavy atom. The van der Waals surface area contributed by atoms with E-state index in [9.17, 15) is 57.4 Å². The summed E-state index contributed by atoms with van der Waals surface area (Å²) < 4.78 is 53.6. The summed E-state index contributed by atoms with van der Waals surface area (Å²) in [7, 11) is 0. The lowest BCUT2D eigenvalue weighted by molar-refractivity contribution is -0.164. The van der Waals surface area contributed by atoms with Gasteiger partial charge < -0.3 is 39.0 Å². The molecule has 26 nitrogen and oxygen atoms in total. The second kappa shape index (κ2) is 34.2. The van der Waals surface area contributed by atoms with Crippen molar-refractivity contribution in [2.24, 2.45) is 0 Å². The third-order valence-corrected chi connectivity index (χ3v) is 12.5. The predicted octanol–water partition coefficient (Wildman–Crippen LogP) is 7.95. The maximum absolute atomic E-state index is 14.4. The number of rotatable bonds is 23. The van der Waals surface area contributed by atoms with Gasteiger partial charge in [-0.3, -0.25) is 30.4 Å². The van der Waals surface area contributed by atoms with E-state index in [1.165, 1.54) is 46.4 Å². The van der Waals surface area contributed by atoms with Crippen molar-refractivity contribution >= 4 is 70.9 Å². The number of halogens is 5. The molecule has 31 heteroatoms. The maximum atomic E-state index is 14.4. The minimum Gasteiger partial charge on any atom is -0.479 e. The van der Waals surface area contributed by atoms with Crippen LogP contribution in [0.1, 0.15) is 60.1 Å². The topological polar surface area (TPSA) is 341 Å². The standard InChI is InChI=1S/C30H29ClFN5O8.C25H21ClFN5O5.C5H9ClO3/c1-18(2)45-30(42)44-17-43-28(40)25(38)16-36(15-19-8-10-20(11-9-19)23-14-21(31)12-13-24(23)32)35-27(39)26-33-29(41)37(34-26)22-6-4-3-5-7-22;26-17-10-11-20(27)19(12-17)16-8-6-15(7-9-16)13-31(14-21(33)24(35)36)30-23(34)22-28-25(37)32(29-22)18-4-2-1-3-5-18;1-4(2)9-5(7)8-3-6/h3-14,18,25,38H,15-17H2,1-2H3,(H,35,39)(H,33,34,41);1-12,21,33H,13-14H2,(H,30,34)(H,35,36)(H,28,29,37);4H,3H2,1-2H3/t25-;21-;/m11./s1. The number of hydrogen-bond donors (Lipinski definition) is 7. The Morgan fingerprint density at radius 3 is 1.35 bits per heavy atom. The highest BCUT2D eigenvalue weighted by Crippen LogP contribution is 2.28. The lowest BCUT2D eigenvalue weighted by Gasteiger charge is -2.24. The Morgan fingerprint density at radius 2 is 0.967 bits per heavy atom. The number of para-hydroxylation sites is 2. The van der Waals surface area contributed by atoms with E-state index in [4.69, 9.17) is 49.4 Å². The molecule has 2 aromatic heterocycles. The third-order valence-electron chi connectivity index (χ3n) is 11.9. The Bertz CT molecular complexity index is 3880. The number of carboxylic acid groups (broad SMARTS) is 1. The van der Waals surface area contributed by atoms with Gasteiger partial charge in [-0.25, -0.2) is 47.6 Å². The van der Waals surface area contributed by atoms with E-state index in [0.717, 1.165) is 9.36 Å². The molecule has 0 aliphatic heterocycles. The maximum Gasteiger partial charge on any atom is 0.511 e. The lowest BCUT2D eigenvalue weighted by atomic mass is 10.0. The molecule has 0 radical (unpaired) electrons. The number of aliphatic hydroxyl groups is 2. The number of hydrogen-bond acceptors (Lipinski definition) is 19. The number of hydrazine groups is 2. The van der Waals surface area contributed by atoms with Gasteiger partial charge in [0, 0.05) is 34.3 Å². The number of nitrogens with zero attached hydrogens (tertiary/aromatic N) is 6. The van der Waals surface area contributed by atoms with Crippen LogP contribution in [-0.4, -0.2) is 141 Å². The van der Waals surface area contributed by atoms with Gasteiger partial charge in [-0.05, 0) is 111 Å². The van der Waals surface area contributed by atoms with Crippen LogP contribution in [-0.2, 0) is 46.4 Å². The molecule has 2 heterocycles. The molecular weight excluding hydrogens is 1260 g/mol. The van der Waals surface area contributed by atoms with Crippen molar-refractivity contribution in [2.45, 2.75) is 65.2 Å². The molecule has 480 valence electrons. The van der Waals surface area contributed by atoms with E-state index in [0.29, 0.717) is 49.2 Å². The average molecular weight is 1320 g/mol. The van der Waals surface area contributed by atoms with E-state index in [2.05, 4.69) is 45.2 Å². The number of carboxylic acids is 1. The summed E-state index contributed by atoms with van der Waals surface area (Å²) in [6, 6.07) is 38.3. The molecule has 0 fully saturated rings. The molecule has 0 saturated heterocycles. The summed E-state index contributed by atoms with van der Waals surface area (Å²) in [5, 5.41) is 40.7. The van der Waals surface area contributed by atoms with Crippen molar-refractivity contribution in [3.63, 3.8) is 0 Å². The minimum absolute atomic E-state index is 0.0159. The van der Waals surface area contributed by atoms with E-state index in [-0.39, 0.29) is 42.5 Å². The molecule has 0 aliphatic rings. The average Bonchev–Trinajstić information content (AvgIpc) is 1.91. The number of ether oxygens (including phenoxy) is 5. The summed E-state index contributed by atoms with van der Waals surface area (Å²) >= 11 is 17.0. The van der Waals surface area contributed by atoms with Gasteiger partial charge in [0.05, 0.1) is 36.7 Å². The normalized spacial score (nSPS) is 11.5. The van der Waals surface area contributed by atoms with Gasteiger partial charge in [-0.2, -0.15) is 9.36 Å². The van der Waals surface area contributed by atoms with Gasteiger partial charge >= 0.3 is 47.4 Å². The largest absolute Gasteiger partial charge is 0.511 e. The summed E-state index contributed by atoms with van der Waals surface area (Å²) in [6.45, 7) is 4.83. The molecule has 8 rings (SSSR count). The second-order valence-electron chi connectivity index (χ2n) is 19.5. The van der Waals surface area contributed by atoms with Crippen LogP contribution in [0.5, 0.6) is 0 Å². The van der Waals surface area contributed by atoms with Gasteiger partial charge in [-0.15, -0.1) is 10.2 Å². The number of H-pyrrole nitrogens is 2. The van der Waals surface area contributed by atoms with Gasteiger partial charge in [-0.1, -0.05) is 120 Å². The quantitative estimate of drug-likeness (QED) is 0.0105. The van der Waals surface area contributed by atoms with Crippen molar-refractivity contribution < 1.29 is 76.6 Å². The molecule has 0 spiro atoms. The van der Waals surface area contributed by atoms with Crippen LogP contribution in [0, 0.1) is 11.6 Å². The number of nitrogens with one attached hydrogen (secondary N) is 4. The first-order chi connectivity index (χ1) is 43.4. The van der Waals surface area contributed by atoms with Crippen LogP contribution >= 0.6 is 34.8 Å². The van der Waals surface area contributed by atoms with Crippen molar-refractivity contribution in [3.8, 4) is 33.6 Å². The summed E-state index contributed by atoms with van der Waals surface area (Å²) in [6.07, 6.45) is -6.01. The molecular formula is C60H59Cl3F2N10O16. The summed E-state index contributed by atoms with van der Waals surface area (Å²) in [5.74, 6) is -5.85. The fourth-order valence-electron chi connectivity index (χ4n) is 7.79. The first-order valence-electron chi connectivity index (χ1n) is 27.1. The zero-order valence-corrected chi connectivity index (χ0v) is 50.9. The highest BCUT2D eigenvalue weighted by molar-refractivity contribution is 6.31. The second-order valence-corrected chi connectivity index (χ2v) is 20.6. The fourth-order valence-corrected chi connectivity index (χ4v) is 8.22. The number of amides is 2. The van der Waals surface area contributed by atoms with Crippen molar-refractivity contribution in [1.29, 1.82) is 0 Å². The lowest BCUT2D eigenvalue weighted by Crippen LogP contribution is -2.48. The van der Waals surface area contributed by atoms with Crippen LogP contribution in [0.4, 0.5) is 18.4 Å². The molecule has 0 aliphatic carbocycles. The number of carbonyl (C=O) groups is 6. The number of alkyl halides is 1. The summed E-state index contributed by atoms with van der Waals surface area (Å²) in [4.78, 5) is 101. The Hall–Kier alpha value is -9.81. The molecule has 2 amide bonds. The molecule has 7 N–H and O–H groups in total. The smallest absolute Gasteiger partial charge is 0.479 e. The molecule has 0 saturated carbocycles. The molecule has 8 aromatic rings. The van der Waals surface area contributed by atoms with Crippen LogP contribution in [0.3, 0.4) is 0 Å². The molecule has 0 bridgehead atoms. The highest BCUT2D eigenvalue weighted by atomic mass is 35.5. The van der Waals surface area contributed by atoms with Crippen molar-refractivity contribution in [3.05, 3.63) is 211 Å². The number of aliphatic carboxylic acids is 1. The van der Waals surface area contributed by atoms with E-state index in [1.807, 2.05) is 0 Å². The van der Waals surface area contributed by atoms with E-state index in [1.54, 1.807) is 137 Å². The first kappa shape index (κ1) is 70.3. The Kier molecular flexibility index (Phi) is 26.4. The van der Waals surface area contributed by atoms with Gasteiger partial charge in [0.2, 0.25) is 18.4 Å². The van der Waals surface area contributed by atoms with Crippen LogP contribution in [0.15, 0.2) is 155 Å². The fraction of sp³-hybridized carbons (Fsp3) is 0.233. The molecule has 0 unspecified atom stereocenters. The van der Waals surface area contributed by atoms with Crippen LogP contribution in [0.2, 0.25) is 10.0 Å². The number of benzene rings is 6.